The van der Waals surface area contributed by atoms with Crippen molar-refractivity contribution in [3.63, 3.8) is 0 Å². The van der Waals surface area contributed by atoms with E-state index in [9.17, 15) is 9.18 Å². The fraction of sp³-hybridized carbons (Fsp3) is 0.0833. The first-order valence-electron chi connectivity index (χ1n) is 9.64. The number of ether oxygens (including phenoxy) is 2. The first-order chi connectivity index (χ1) is 15.9. The molecule has 1 heterocycles. The van der Waals surface area contributed by atoms with Crippen LogP contribution in [0.15, 0.2) is 65.6 Å². The van der Waals surface area contributed by atoms with Gasteiger partial charge in [-0.2, -0.15) is 0 Å². The lowest BCUT2D eigenvalue weighted by molar-refractivity contribution is -0.113. The number of carbonyl (C=O) groups excluding carboxylic acids is 1. The predicted octanol–water partition coefficient (Wildman–Crippen LogP) is 7.13. The molecular weight excluding hydrogens is 504 g/mol. The van der Waals surface area contributed by atoms with Crippen molar-refractivity contribution < 1.29 is 18.7 Å². The van der Waals surface area contributed by atoms with Gasteiger partial charge in [0.2, 0.25) is 0 Å². The summed E-state index contributed by atoms with van der Waals surface area (Å²) in [4.78, 5) is 14.7. The SMILES string of the molecule is COc1cc(/C=C2\SC(=S)N(c3cccc(F)c3)C2=O)ccc1OCc1ccc(Cl)cc1Cl. The molecule has 4 nitrogen and oxygen atoms in total. The van der Waals surface area contributed by atoms with Crippen LogP contribution in [0.4, 0.5) is 10.1 Å². The van der Waals surface area contributed by atoms with E-state index in [0.29, 0.717) is 36.5 Å². The topological polar surface area (TPSA) is 38.8 Å². The Bertz CT molecular complexity index is 1280. The molecule has 0 aliphatic carbocycles. The fourth-order valence-corrected chi connectivity index (χ4v) is 4.91. The number of amides is 1. The third-order valence-corrected chi connectivity index (χ3v) is 6.63. The van der Waals surface area contributed by atoms with Crippen LogP contribution in [0.5, 0.6) is 11.5 Å². The van der Waals surface area contributed by atoms with Crippen molar-refractivity contribution in [2.24, 2.45) is 0 Å². The van der Waals surface area contributed by atoms with Gasteiger partial charge in [0.1, 0.15) is 12.4 Å². The van der Waals surface area contributed by atoms with E-state index in [4.69, 9.17) is 44.9 Å². The molecule has 0 aromatic heterocycles. The van der Waals surface area contributed by atoms with Crippen LogP contribution in [-0.4, -0.2) is 17.3 Å². The second-order valence-corrected chi connectivity index (χ2v) is 9.45. The van der Waals surface area contributed by atoms with E-state index < -0.39 is 5.82 Å². The minimum atomic E-state index is -0.439. The number of nitrogens with zero attached hydrogens (tertiary/aromatic N) is 1. The van der Waals surface area contributed by atoms with Gasteiger partial charge in [-0.15, -0.1) is 0 Å². The van der Waals surface area contributed by atoms with Crippen LogP contribution in [0.3, 0.4) is 0 Å². The zero-order valence-corrected chi connectivity index (χ0v) is 20.3. The Morgan fingerprint density at radius 1 is 1.09 bits per heavy atom. The number of thiocarbonyl (C=S) groups is 1. The second kappa shape index (κ2) is 10.1. The summed E-state index contributed by atoms with van der Waals surface area (Å²) in [5.74, 6) is 0.264. The summed E-state index contributed by atoms with van der Waals surface area (Å²) < 4.78 is 25.3. The standard InChI is InChI=1S/C24H16Cl2FNO3S2/c1-30-21-9-14(5-8-20(21)31-13-15-6-7-16(25)11-19(15)26)10-22-23(29)28(24(32)33-22)18-4-2-3-17(27)12-18/h2-12H,13H2,1H3/b22-10-. The van der Waals surface area contributed by atoms with Gasteiger partial charge in [0, 0.05) is 15.6 Å². The van der Waals surface area contributed by atoms with Gasteiger partial charge < -0.3 is 9.47 Å². The Hall–Kier alpha value is -2.58. The minimum absolute atomic E-state index is 0.234. The van der Waals surface area contributed by atoms with Crippen molar-refractivity contribution >= 4 is 69.2 Å². The summed E-state index contributed by atoms with van der Waals surface area (Å²) in [5, 5.41) is 1.06. The summed E-state index contributed by atoms with van der Waals surface area (Å²) in [5.41, 5.74) is 1.90. The third kappa shape index (κ3) is 5.33. The van der Waals surface area contributed by atoms with E-state index in [1.807, 2.05) is 0 Å². The highest BCUT2D eigenvalue weighted by Gasteiger charge is 2.33. The molecule has 0 N–H and O–H groups in total. The summed E-state index contributed by atoms with van der Waals surface area (Å²) in [7, 11) is 1.53. The lowest BCUT2D eigenvalue weighted by Crippen LogP contribution is -2.27. The molecule has 1 amide bonds. The van der Waals surface area contributed by atoms with Crippen LogP contribution >= 0.6 is 47.2 Å². The van der Waals surface area contributed by atoms with Crippen LogP contribution in [0, 0.1) is 5.82 Å². The number of hydrogen-bond acceptors (Lipinski definition) is 5. The summed E-state index contributed by atoms with van der Waals surface area (Å²) >= 11 is 18.6. The second-order valence-electron chi connectivity index (χ2n) is 6.93. The van der Waals surface area contributed by atoms with Gasteiger partial charge in [-0.05, 0) is 54.1 Å². The molecule has 0 radical (unpaired) electrons. The van der Waals surface area contributed by atoms with E-state index in [1.165, 1.54) is 30.2 Å². The maximum absolute atomic E-state index is 13.6. The van der Waals surface area contributed by atoms with Crippen LogP contribution in [0.1, 0.15) is 11.1 Å². The molecular formula is C24H16Cl2FNO3S2. The van der Waals surface area contributed by atoms with Gasteiger partial charge in [0.25, 0.3) is 5.91 Å². The summed E-state index contributed by atoms with van der Waals surface area (Å²) in [6, 6.07) is 16.3. The van der Waals surface area contributed by atoms with E-state index in [-0.39, 0.29) is 12.5 Å². The smallest absolute Gasteiger partial charge is 0.270 e. The lowest BCUT2D eigenvalue weighted by atomic mass is 10.1. The molecule has 1 aliphatic rings. The van der Waals surface area contributed by atoms with Gasteiger partial charge in [-0.3, -0.25) is 9.69 Å². The molecule has 3 aromatic rings. The maximum atomic E-state index is 13.6. The molecule has 4 rings (SSSR count). The summed E-state index contributed by atoms with van der Waals surface area (Å²) in [6.45, 7) is 0.234. The van der Waals surface area contributed by atoms with Gasteiger partial charge in [-0.1, -0.05) is 65.4 Å². The van der Waals surface area contributed by atoms with Crippen LogP contribution in [0.2, 0.25) is 10.0 Å². The molecule has 0 saturated carbocycles. The Morgan fingerprint density at radius 2 is 1.91 bits per heavy atom. The van der Waals surface area contributed by atoms with Crippen LogP contribution in [-0.2, 0) is 11.4 Å². The number of hydrogen-bond donors (Lipinski definition) is 0. The van der Waals surface area contributed by atoms with Gasteiger partial charge in [-0.25, -0.2) is 4.39 Å². The van der Waals surface area contributed by atoms with E-state index in [0.717, 1.165) is 22.9 Å². The number of thioether (sulfide) groups is 1. The molecule has 9 heteroatoms. The highest BCUT2D eigenvalue weighted by Crippen LogP contribution is 2.37. The molecule has 0 bridgehead atoms. The van der Waals surface area contributed by atoms with Crippen molar-refractivity contribution in [3.05, 3.63) is 92.6 Å². The highest BCUT2D eigenvalue weighted by atomic mass is 35.5. The first kappa shape index (κ1) is 23.6. The third-order valence-electron chi connectivity index (χ3n) is 4.74. The fourth-order valence-electron chi connectivity index (χ4n) is 3.14. The monoisotopic (exact) mass is 519 g/mol. The number of methoxy groups -OCH3 is 1. The molecule has 168 valence electrons. The van der Waals surface area contributed by atoms with E-state index >= 15 is 0 Å². The van der Waals surface area contributed by atoms with Crippen molar-refractivity contribution in [2.45, 2.75) is 6.61 Å². The van der Waals surface area contributed by atoms with Gasteiger partial charge >= 0.3 is 0 Å². The average Bonchev–Trinajstić information content (AvgIpc) is 3.06. The molecule has 33 heavy (non-hydrogen) atoms. The lowest BCUT2D eigenvalue weighted by Gasteiger charge is -2.14. The Balaban J connectivity index is 1.54. The number of carbonyl (C=O) groups is 1. The number of benzene rings is 3. The van der Waals surface area contributed by atoms with Crippen LogP contribution < -0.4 is 14.4 Å². The number of rotatable bonds is 6. The van der Waals surface area contributed by atoms with Crippen molar-refractivity contribution in [1.29, 1.82) is 0 Å². The molecule has 0 spiro atoms. The minimum Gasteiger partial charge on any atom is -0.493 e. The number of halogens is 3. The van der Waals surface area contributed by atoms with E-state index in [2.05, 4.69) is 0 Å². The van der Waals surface area contributed by atoms with Gasteiger partial charge in [0.05, 0.1) is 17.7 Å². The molecule has 1 saturated heterocycles. The molecule has 0 atom stereocenters. The van der Waals surface area contributed by atoms with Crippen LogP contribution in [0.25, 0.3) is 6.08 Å². The predicted molar refractivity (Wildman–Crippen MR) is 136 cm³/mol. The maximum Gasteiger partial charge on any atom is 0.270 e. The molecule has 3 aromatic carbocycles. The number of anilines is 1. The quantitative estimate of drug-likeness (QED) is 0.256. The first-order valence-corrected chi connectivity index (χ1v) is 11.6. The Labute approximate surface area is 209 Å². The van der Waals surface area contributed by atoms with Gasteiger partial charge in [0.15, 0.2) is 15.8 Å². The molecule has 0 unspecified atom stereocenters. The zero-order chi connectivity index (χ0) is 23.5. The molecule has 1 aliphatic heterocycles. The largest absolute Gasteiger partial charge is 0.493 e. The highest BCUT2D eigenvalue weighted by molar-refractivity contribution is 8.27. The normalized spacial score (nSPS) is 14.8. The Morgan fingerprint density at radius 3 is 2.64 bits per heavy atom. The summed E-state index contributed by atoms with van der Waals surface area (Å²) in [6.07, 6.45) is 1.71. The van der Waals surface area contributed by atoms with Crippen molar-refractivity contribution in [3.8, 4) is 11.5 Å². The van der Waals surface area contributed by atoms with Crippen molar-refractivity contribution in [2.75, 3.05) is 12.0 Å². The van der Waals surface area contributed by atoms with Crippen molar-refractivity contribution in [1.82, 2.24) is 0 Å². The Kier molecular flexibility index (Phi) is 7.24. The van der Waals surface area contributed by atoms with E-state index in [1.54, 1.807) is 48.5 Å². The molecule has 1 fully saturated rings. The average molecular weight is 520 g/mol. The zero-order valence-electron chi connectivity index (χ0n) is 17.2.